The van der Waals surface area contributed by atoms with E-state index >= 15 is 19.2 Å². The number of ether oxygens (including phenoxy) is 5. The van der Waals surface area contributed by atoms with Crippen LogP contribution in [0.3, 0.4) is 0 Å². The first kappa shape index (κ1) is 74.1. The zero-order valence-corrected chi connectivity index (χ0v) is 55.6. The lowest BCUT2D eigenvalue weighted by molar-refractivity contribution is -0.277. The molecule has 1 saturated heterocycles. The lowest BCUT2D eigenvalue weighted by atomic mass is 9.89. The lowest BCUT2D eigenvalue weighted by Gasteiger charge is -2.39. The number of primary amides is 1. The lowest BCUT2D eigenvalue weighted by Crippen LogP contribution is -2.60. The highest BCUT2D eigenvalue weighted by Gasteiger charge is 2.47. The van der Waals surface area contributed by atoms with Gasteiger partial charge in [-0.25, -0.2) is 10.3 Å². The summed E-state index contributed by atoms with van der Waals surface area (Å²) in [6.07, 6.45) is -16.1. The Bertz CT molecular complexity index is 4040. The highest BCUT2D eigenvalue weighted by atomic mass is 35.5. The van der Waals surface area contributed by atoms with Crippen LogP contribution in [0, 0.1) is 12.8 Å². The Hall–Kier alpha value is -10.1. The summed E-state index contributed by atoms with van der Waals surface area (Å²) in [5.74, 6) is -15.2. The number of halogens is 1. The molecule has 0 unspecified atom stereocenters. The quantitative estimate of drug-likeness (QED) is 0.0767. The number of phenols is 3. The number of amides is 9. The molecule has 5 aromatic rings. The number of carbonyl (C=O) groups excluding carboxylic acids is 9. The number of hydroxylamine groups is 1. The monoisotopic (exact) mass is 1410 g/mol. The van der Waals surface area contributed by atoms with Gasteiger partial charge in [-0.3, -0.25) is 48.1 Å². The number of phenolic OH excluding ortho intramolecular Hbond substituents is 3. The first-order valence-electron chi connectivity index (χ1n) is 31.1. The highest BCUT2D eigenvalue weighted by Crippen LogP contribution is 2.49. The summed E-state index contributed by atoms with van der Waals surface area (Å²) in [5, 5.41) is 117. The van der Waals surface area contributed by atoms with Crippen molar-refractivity contribution in [2.45, 2.75) is 145 Å². The SMILES string of the molecule is CONC(=O)[C@H]1NC(=O)[C@H]2NC(=O)[C@H](NC(=O)[C@@H]3NC(=O)[C@H](CC(N)=O)NC(=O)[C@H](NC(=O)[C@@H](CC(C)C)N(C)C(=O)OC(C)(C)C)[C@H](O)c4ccc(c(C)c4)Oc4cc3cc(c4O[C@@H]3O[C@H](CO)[C@@H](O)[C@H](O)[C@H]3O)Oc3ccc(cc3Cl)[C@H]2O)c2ccc(O)c(c2)-c2c(O)cc(O)cc21. The van der Waals surface area contributed by atoms with Crippen molar-refractivity contribution in [2.75, 3.05) is 20.8 Å². The van der Waals surface area contributed by atoms with Crippen LogP contribution >= 0.6 is 11.6 Å². The fourth-order valence-corrected chi connectivity index (χ4v) is 11.8. The van der Waals surface area contributed by atoms with Crippen LogP contribution in [-0.2, 0) is 52.7 Å². The van der Waals surface area contributed by atoms with Gasteiger partial charge in [-0.15, -0.1) is 0 Å². The minimum absolute atomic E-state index is 0.0331. The third-order valence-corrected chi connectivity index (χ3v) is 16.9. The topological polar surface area (TPSA) is 505 Å². The summed E-state index contributed by atoms with van der Waals surface area (Å²) >= 11 is 7.00. The minimum Gasteiger partial charge on any atom is -0.508 e. The van der Waals surface area contributed by atoms with Gasteiger partial charge in [0.1, 0.15) is 113 Å². The number of hydrogen-bond donors (Lipinski definition) is 17. The van der Waals surface area contributed by atoms with E-state index in [4.69, 9.17) is 45.9 Å². The predicted octanol–water partition coefficient (Wildman–Crippen LogP) is 0.764. The molecule has 6 aliphatic rings. The molecule has 0 aliphatic carbocycles. The van der Waals surface area contributed by atoms with Crippen LogP contribution in [0.5, 0.6) is 46.0 Å². The number of carbonyl (C=O) groups is 9. The Morgan fingerprint density at radius 2 is 1.32 bits per heavy atom. The summed E-state index contributed by atoms with van der Waals surface area (Å²) in [6.45, 7) is 8.79. The number of rotatable bonds is 12. The Balaban J connectivity index is 1.30. The van der Waals surface area contributed by atoms with Gasteiger partial charge in [0.05, 0.1) is 25.2 Å². The average Bonchev–Trinajstić information content (AvgIpc) is 0.760. The third kappa shape index (κ3) is 16.1. The number of hydrogen-bond acceptors (Lipinski definition) is 24. The first-order valence-corrected chi connectivity index (χ1v) is 31.5. The van der Waals surface area contributed by atoms with Crippen LogP contribution in [0.15, 0.2) is 78.9 Å². The molecule has 100 heavy (non-hydrogen) atoms. The maximum atomic E-state index is 16.0. The molecular weight excluding hydrogens is 1340 g/mol. The van der Waals surface area contributed by atoms with Gasteiger partial charge in [0.25, 0.3) is 5.91 Å². The van der Waals surface area contributed by atoms with Crippen molar-refractivity contribution in [1.29, 1.82) is 0 Å². The van der Waals surface area contributed by atoms with Crippen LogP contribution in [0.25, 0.3) is 11.1 Å². The molecule has 9 amide bonds. The predicted molar refractivity (Wildman–Crippen MR) is 345 cm³/mol. The van der Waals surface area contributed by atoms with Crippen LogP contribution in [-0.4, -0.2) is 185 Å². The van der Waals surface area contributed by atoms with Gasteiger partial charge in [-0.05, 0) is 128 Å². The molecule has 6 heterocycles. The van der Waals surface area contributed by atoms with Gasteiger partial charge in [0.2, 0.25) is 53.4 Å². The van der Waals surface area contributed by atoms with Gasteiger partial charge in [0.15, 0.2) is 11.5 Å². The molecule has 0 radical (unpaired) electrons. The van der Waals surface area contributed by atoms with E-state index in [0.717, 1.165) is 66.6 Å². The second-order valence-corrected chi connectivity index (χ2v) is 26.0. The molecule has 0 spiro atoms. The average molecular weight is 1410 g/mol. The van der Waals surface area contributed by atoms with E-state index in [0.29, 0.717) is 0 Å². The summed E-state index contributed by atoms with van der Waals surface area (Å²) in [7, 11) is 2.32. The summed E-state index contributed by atoms with van der Waals surface area (Å²) < 4.78 is 30.8. The van der Waals surface area contributed by atoms with E-state index < -0.39 is 219 Å². The summed E-state index contributed by atoms with van der Waals surface area (Å²) in [5.41, 5.74) is 4.48. The van der Waals surface area contributed by atoms with Crippen molar-refractivity contribution in [2.24, 2.45) is 11.7 Å². The number of nitrogens with zero attached hydrogens (tertiary/aromatic N) is 1. The van der Waals surface area contributed by atoms with E-state index in [1.807, 2.05) is 5.48 Å². The fraction of sp³-hybridized carbons (Fsp3) is 0.409. The molecule has 536 valence electrons. The Kier molecular flexibility index (Phi) is 22.4. The molecular formula is C66H76ClN9O24. The van der Waals surface area contributed by atoms with Crippen molar-refractivity contribution >= 4 is 65.0 Å². The molecule has 14 atom stereocenters. The second kappa shape index (κ2) is 30.2. The molecule has 18 N–H and O–H groups in total. The molecule has 6 aliphatic heterocycles. The largest absolute Gasteiger partial charge is 0.508 e. The standard InChI is InChI=1S/C66H76ClN9O24/c1-25(2)15-36(76(7)65(94)100-66(4,5)6)58(88)73-49-51(82)28-10-13-39(26(3)16-28)96-41-19-30-20-42(56(41)99-64-55(86)54(85)53(84)43(24-77)98-64)97-40-14-11-29(18-34(40)67)52(83)50-62(92)72-48(63(93)75-95-8)33-21-31(78)22-38(80)45(33)32-17-27(9-12-37(32)79)46(59(89)74-50)71-60(90)47(30)70-57(87)35(23-44(68)81)69-61(49)91/h9-14,16-22,25,35-36,43,46-55,64,77-80,82-86H,15,23-24H2,1-8H3,(H2,68,81)(H,69,91)(H,70,87)(H,71,90)(H,72,92)(H,73,88)(H,74,89)(H,75,93)/t35-,36+,43+,46+,47+,48-,49+,50-,51+,52+,53+,54-,55+,64-/m0/s1. The van der Waals surface area contributed by atoms with Gasteiger partial charge < -0.3 is 107 Å². The maximum absolute atomic E-state index is 16.0. The minimum atomic E-state index is -2.32. The van der Waals surface area contributed by atoms with Crippen molar-refractivity contribution in [1.82, 2.24) is 42.3 Å². The van der Waals surface area contributed by atoms with Gasteiger partial charge in [-0.2, -0.15) is 0 Å². The molecule has 34 heteroatoms. The fourth-order valence-electron chi connectivity index (χ4n) is 11.6. The molecule has 1 fully saturated rings. The van der Waals surface area contributed by atoms with E-state index in [2.05, 4.69) is 31.9 Å². The Morgan fingerprint density at radius 1 is 0.700 bits per heavy atom. The van der Waals surface area contributed by atoms with Crippen LogP contribution in [0.4, 0.5) is 4.79 Å². The molecule has 11 rings (SSSR count). The zero-order valence-electron chi connectivity index (χ0n) is 54.8. The number of likely N-dealkylation sites (N-methyl/N-ethyl adjacent to an activating group) is 1. The molecule has 33 nitrogen and oxygen atoms in total. The van der Waals surface area contributed by atoms with Gasteiger partial charge in [0, 0.05) is 24.2 Å². The van der Waals surface area contributed by atoms with Crippen LogP contribution in [0.2, 0.25) is 5.02 Å². The van der Waals surface area contributed by atoms with E-state index in [9.17, 15) is 69.9 Å². The Morgan fingerprint density at radius 3 is 1.94 bits per heavy atom. The van der Waals surface area contributed by atoms with Crippen molar-refractivity contribution < 1.29 is 118 Å². The molecule has 11 bridgehead atoms. The van der Waals surface area contributed by atoms with Crippen LogP contribution < -0.4 is 57.3 Å². The number of benzene rings is 5. The number of nitrogens with one attached hydrogen (secondary N) is 7. The molecule has 5 aromatic carbocycles. The number of aromatic hydroxyl groups is 3. The molecule has 0 aromatic heterocycles. The smallest absolute Gasteiger partial charge is 0.410 e. The van der Waals surface area contributed by atoms with Crippen LogP contribution in [0.1, 0.15) is 111 Å². The van der Waals surface area contributed by atoms with E-state index in [-0.39, 0.29) is 46.1 Å². The number of aliphatic hydroxyl groups is 6. The number of nitrogens with two attached hydrogens (primary N) is 1. The normalized spacial score (nSPS) is 25.0. The number of fused-ring (bicyclic) bond motifs is 15. The maximum Gasteiger partial charge on any atom is 0.410 e. The number of aryl methyl sites for hydroxylation is 1. The summed E-state index contributed by atoms with van der Waals surface area (Å²) in [4.78, 5) is 138. The summed E-state index contributed by atoms with van der Waals surface area (Å²) in [6, 6.07) is -0.225. The second-order valence-electron chi connectivity index (χ2n) is 25.6. The Labute approximate surface area is 574 Å². The number of aliphatic hydroxyl groups excluding tert-OH is 6. The van der Waals surface area contributed by atoms with E-state index in [1.165, 1.54) is 38.2 Å². The van der Waals surface area contributed by atoms with Gasteiger partial charge in [-0.1, -0.05) is 43.6 Å². The van der Waals surface area contributed by atoms with E-state index in [1.54, 1.807) is 34.6 Å². The third-order valence-electron chi connectivity index (χ3n) is 16.6. The van der Waals surface area contributed by atoms with Crippen molar-refractivity contribution in [3.63, 3.8) is 0 Å². The highest BCUT2D eigenvalue weighted by molar-refractivity contribution is 6.32. The van der Waals surface area contributed by atoms with Gasteiger partial charge >= 0.3 is 6.09 Å². The first-order chi connectivity index (χ1) is 47.1. The van der Waals surface area contributed by atoms with Crippen molar-refractivity contribution in [3.8, 4) is 57.1 Å². The molecule has 0 saturated carbocycles. The zero-order chi connectivity index (χ0) is 73.3. The van der Waals surface area contributed by atoms with Crippen molar-refractivity contribution in [3.05, 3.63) is 117 Å².